The van der Waals surface area contributed by atoms with Crippen molar-refractivity contribution in [3.8, 4) is 0 Å². The van der Waals surface area contributed by atoms with Gasteiger partial charge in [-0.3, -0.25) is 4.55 Å². The van der Waals surface area contributed by atoms with Gasteiger partial charge in [0.1, 0.15) is 5.25 Å². The van der Waals surface area contributed by atoms with Crippen LogP contribution >= 0.6 is 0 Å². The second kappa shape index (κ2) is 14.5. The average Bonchev–Trinajstić information content (AvgIpc) is 2.52. The number of unbranched alkanes of at least 4 members (excludes halogenated alkanes) is 9. The zero-order chi connectivity index (χ0) is 17.0. The summed E-state index contributed by atoms with van der Waals surface area (Å²) < 4.78 is 32.6. The fraction of sp³-hybridized carbons (Fsp3) is 0.684. The zero-order valence-corrected chi connectivity index (χ0v) is 15.2. The van der Waals surface area contributed by atoms with Crippen molar-refractivity contribution in [2.45, 2.75) is 82.8 Å². The van der Waals surface area contributed by atoms with E-state index in [0.717, 1.165) is 19.3 Å². The molecule has 24 heavy (non-hydrogen) atoms. The average molecular weight is 383 g/mol. The Kier molecular flexibility index (Phi) is 14.8. The molecule has 0 saturated carbocycles. The van der Waals surface area contributed by atoms with Crippen molar-refractivity contribution in [2.24, 2.45) is 0 Å². The van der Waals surface area contributed by atoms with Crippen molar-refractivity contribution >= 4 is 47.9 Å². The Morgan fingerprint density at radius 2 is 1.29 bits per heavy atom. The van der Waals surface area contributed by atoms with E-state index < -0.39 is 15.4 Å². The Morgan fingerprint density at radius 3 is 1.75 bits per heavy atom. The summed E-state index contributed by atoms with van der Waals surface area (Å²) >= 11 is 0. The van der Waals surface area contributed by atoms with Crippen LogP contribution in [0, 0.1) is 0 Å². The first-order valence-electron chi connectivity index (χ1n) is 9.07. The van der Waals surface area contributed by atoms with E-state index >= 15 is 0 Å². The second-order valence-corrected chi connectivity index (χ2v) is 7.98. The number of rotatable bonds is 13. The van der Waals surface area contributed by atoms with Gasteiger partial charge in [0.2, 0.25) is 0 Å². The van der Waals surface area contributed by atoms with Crippen LogP contribution in [0.2, 0.25) is 0 Å². The number of hydrogen-bond donors (Lipinski definition) is 1. The third-order valence-electron chi connectivity index (χ3n) is 4.35. The monoisotopic (exact) mass is 382 g/mol. The van der Waals surface area contributed by atoms with Gasteiger partial charge in [-0.1, -0.05) is 101 Å². The van der Waals surface area contributed by atoms with Gasteiger partial charge in [-0.25, -0.2) is 0 Å². The molecule has 0 bridgehead atoms. The summed E-state index contributed by atoms with van der Waals surface area (Å²) in [6.07, 6.45) is 12.7. The molecule has 0 amide bonds. The van der Waals surface area contributed by atoms with Crippen LogP contribution in [0.5, 0.6) is 0 Å². The third-order valence-corrected chi connectivity index (χ3v) is 5.58. The third kappa shape index (κ3) is 11.1. The molecule has 5 heteroatoms. The van der Waals surface area contributed by atoms with Crippen molar-refractivity contribution < 1.29 is 13.0 Å². The Labute approximate surface area is 178 Å². The van der Waals surface area contributed by atoms with Gasteiger partial charge < -0.3 is 0 Å². The normalized spacial score (nSPS) is 12.6. The minimum absolute atomic E-state index is 0. The molecule has 1 N–H and O–H groups in total. The summed E-state index contributed by atoms with van der Waals surface area (Å²) in [5.74, 6) is 0. The fourth-order valence-electron chi connectivity index (χ4n) is 2.97. The van der Waals surface area contributed by atoms with Crippen LogP contribution in [0.25, 0.3) is 0 Å². The van der Waals surface area contributed by atoms with Crippen molar-refractivity contribution in [1.82, 2.24) is 0 Å². The van der Waals surface area contributed by atoms with Gasteiger partial charge >= 0.3 is 37.7 Å². The molecule has 1 atom stereocenters. The standard InChI is InChI=1S/C19H32O3S.Ca.2H/c1-2-3-4-5-6-7-8-9-10-14-17-19(23(20,21)22)18-15-12-11-13-16-18;;;/h11-13,15-16,19H,2-10,14,17H2,1H3,(H,20,21,22);;;. The van der Waals surface area contributed by atoms with E-state index in [1.165, 1.54) is 44.9 Å². The Balaban J connectivity index is 0.00000529. The van der Waals surface area contributed by atoms with Gasteiger partial charge in [0, 0.05) is 0 Å². The van der Waals surface area contributed by atoms with Gasteiger partial charge in [-0.2, -0.15) is 8.42 Å². The fourth-order valence-corrected chi connectivity index (χ4v) is 3.94. The molecule has 136 valence electrons. The Bertz CT molecular complexity index is 503. The van der Waals surface area contributed by atoms with Crippen LogP contribution in [-0.2, 0) is 10.1 Å². The van der Waals surface area contributed by atoms with E-state index in [4.69, 9.17) is 0 Å². The van der Waals surface area contributed by atoms with Gasteiger partial charge in [-0.05, 0) is 12.0 Å². The van der Waals surface area contributed by atoms with Crippen molar-refractivity contribution in [3.05, 3.63) is 35.9 Å². The molecule has 0 fully saturated rings. The molecule has 1 unspecified atom stereocenters. The Morgan fingerprint density at radius 1 is 0.833 bits per heavy atom. The molecular weight excluding hydrogens is 348 g/mol. The molecule has 0 aliphatic rings. The summed E-state index contributed by atoms with van der Waals surface area (Å²) in [5.41, 5.74) is 0.686. The first kappa shape index (κ1) is 24.4. The van der Waals surface area contributed by atoms with Crippen LogP contribution in [0.3, 0.4) is 0 Å². The van der Waals surface area contributed by atoms with E-state index in [1.54, 1.807) is 12.1 Å². The molecule has 0 aliphatic carbocycles. The van der Waals surface area contributed by atoms with E-state index in [-0.39, 0.29) is 37.7 Å². The van der Waals surface area contributed by atoms with Crippen LogP contribution in [0.15, 0.2) is 30.3 Å². The van der Waals surface area contributed by atoms with E-state index in [9.17, 15) is 13.0 Å². The van der Waals surface area contributed by atoms with Crippen LogP contribution < -0.4 is 0 Å². The molecule has 1 aromatic carbocycles. The van der Waals surface area contributed by atoms with Crippen LogP contribution in [0.1, 0.15) is 88.4 Å². The maximum absolute atomic E-state index is 11.6. The molecule has 0 saturated heterocycles. The summed E-state index contributed by atoms with van der Waals surface area (Å²) in [5, 5.41) is -0.780. The van der Waals surface area contributed by atoms with Gasteiger partial charge in [0.05, 0.1) is 0 Å². The summed E-state index contributed by atoms with van der Waals surface area (Å²) in [6, 6.07) is 9.02. The van der Waals surface area contributed by atoms with Crippen LogP contribution in [-0.4, -0.2) is 50.7 Å². The minimum atomic E-state index is -4.03. The van der Waals surface area contributed by atoms with Gasteiger partial charge in [0.25, 0.3) is 10.1 Å². The first-order valence-corrected chi connectivity index (χ1v) is 10.6. The van der Waals surface area contributed by atoms with Gasteiger partial charge in [0.15, 0.2) is 0 Å². The predicted molar refractivity (Wildman–Crippen MR) is 106 cm³/mol. The summed E-state index contributed by atoms with van der Waals surface area (Å²) in [6.45, 7) is 2.23. The topological polar surface area (TPSA) is 54.4 Å². The number of benzene rings is 1. The molecule has 0 aromatic heterocycles. The molecule has 0 spiro atoms. The summed E-state index contributed by atoms with van der Waals surface area (Å²) in [7, 11) is -4.03. The SMILES string of the molecule is CCCCCCCCCCCCC(c1ccccc1)S(=O)(=O)O.[CaH2]. The van der Waals surface area contributed by atoms with E-state index in [0.29, 0.717) is 12.0 Å². The zero-order valence-electron chi connectivity index (χ0n) is 14.4. The molecule has 0 heterocycles. The molecule has 1 aromatic rings. The second-order valence-electron chi connectivity index (χ2n) is 6.38. The molecule has 0 aliphatic heterocycles. The maximum atomic E-state index is 11.6. The van der Waals surface area contributed by atoms with Crippen molar-refractivity contribution in [2.75, 3.05) is 0 Å². The predicted octanol–water partition coefficient (Wildman–Crippen LogP) is 5.01. The first-order chi connectivity index (χ1) is 11.1. The molecular formula is C19H34CaO3S. The molecule has 3 nitrogen and oxygen atoms in total. The van der Waals surface area contributed by atoms with Crippen molar-refractivity contribution in [1.29, 1.82) is 0 Å². The molecule has 1 rings (SSSR count). The van der Waals surface area contributed by atoms with Crippen molar-refractivity contribution in [3.63, 3.8) is 0 Å². The van der Waals surface area contributed by atoms with E-state index in [1.807, 2.05) is 18.2 Å². The molecule has 0 radical (unpaired) electrons. The number of hydrogen-bond acceptors (Lipinski definition) is 2. The summed E-state index contributed by atoms with van der Waals surface area (Å²) in [4.78, 5) is 0. The van der Waals surface area contributed by atoms with Gasteiger partial charge in [-0.15, -0.1) is 0 Å². The van der Waals surface area contributed by atoms with E-state index in [2.05, 4.69) is 6.92 Å². The quantitative estimate of drug-likeness (QED) is 0.296. The Hall–Kier alpha value is 0.390. The van der Waals surface area contributed by atoms with Crippen LogP contribution in [0.4, 0.5) is 0 Å².